The molecule has 0 aliphatic carbocycles. The van der Waals surface area contributed by atoms with Crippen molar-refractivity contribution in [1.29, 1.82) is 0 Å². The first-order valence-electron chi connectivity index (χ1n) is 8.24. The van der Waals surface area contributed by atoms with Gasteiger partial charge in [0.2, 0.25) is 7.29 Å². The normalized spacial score (nSPS) is 11.5. The minimum absolute atomic E-state index is 0.796. The summed E-state index contributed by atoms with van der Waals surface area (Å²) >= 11 is 0. The van der Waals surface area contributed by atoms with E-state index in [2.05, 4.69) is 12.0 Å². The number of benzene rings is 2. The van der Waals surface area contributed by atoms with Crippen molar-refractivity contribution in [1.82, 2.24) is 5.09 Å². The van der Waals surface area contributed by atoms with Gasteiger partial charge in [-0.25, -0.2) is 0 Å². The van der Waals surface area contributed by atoms with Gasteiger partial charge in [0.15, 0.2) is 0 Å². The lowest BCUT2D eigenvalue weighted by atomic mass is 10.2. The molecule has 2 rings (SSSR count). The summed E-state index contributed by atoms with van der Waals surface area (Å²) in [5.41, 5.74) is 0. The first kappa shape index (κ1) is 17.0. The van der Waals surface area contributed by atoms with E-state index in [-0.39, 0.29) is 0 Å². The molecule has 0 aromatic heterocycles. The molecule has 0 radical (unpaired) electrons. The summed E-state index contributed by atoms with van der Waals surface area (Å²) in [6.07, 6.45) is 6.07. The van der Waals surface area contributed by atoms with Crippen LogP contribution in [0.1, 0.15) is 39.0 Å². The molecule has 0 aliphatic heterocycles. The van der Waals surface area contributed by atoms with Gasteiger partial charge in [-0.05, 0) is 30.7 Å². The van der Waals surface area contributed by atoms with E-state index in [9.17, 15) is 4.57 Å². The van der Waals surface area contributed by atoms with Crippen molar-refractivity contribution in [2.75, 3.05) is 6.54 Å². The Balaban J connectivity index is 2.09. The Hall–Kier alpha value is -1.37. The highest BCUT2D eigenvalue weighted by atomic mass is 31.2. The van der Waals surface area contributed by atoms with E-state index in [0.717, 1.165) is 23.6 Å². The van der Waals surface area contributed by atoms with Crippen molar-refractivity contribution in [3.8, 4) is 0 Å². The van der Waals surface area contributed by atoms with Gasteiger partial charge in [-0.2, -0.15) is 0 Å². The number of hydrogen-bond donors (Lipinski definition) is 1. The van der Waals surface area contributed by atoms with Gasteiger partial charge >= 0.3 is 0 Å². The maximum Gasteiger partial charge on any atom is 0.204 e. The molecule has 0 amide bonds. The monoisotopic (exact) mass is 315 g/mol. The second kappa shape index (κ2) is 8.92. The van der Waals surface area contributed by atoms with Crippen LogP contribution in [0.4, 0.5) is 0 Å². The molecular weight excluding hydrogens is 289 g/mol. The first-order valence-corrected chi connectivity index (χ1v) is 9.94. The third kappa shape index (κ3) is 4.56. The zero-order valence-electron chi connectivity index (χ0n) is 13.4. The molecule has 118 valence electrons. The Kier molecular flexibility index (Phi) is 6.89. The quantitative estimate of drug-likeness (QED) is 0.546. The highest BCUT2D eigenvalue weighted by molar-refractivity contribution is 7.76. The van der Waals surface area contributed by atoms with Crippen LogP contribution < -0.4 is 15.7 Å². The Morgan fingerprint density at radius 3 is 1.77 bits per heavy atom. The minimum Gasteiger partial charge on any atom is -0.297 e. The first-order chi connectivity index (χ1) is 10.8. The fraction of sp³-hybridized carbons (Fsp3) is 0.368. The van der Waals surface area contributed by atoms with Crippen LogP contribution in [0.5, 0.6) is 0 Å². The van der Waals surface area contributed by atoms with Crippen LogP contribution in [0.15, 0.2) is 60.7 Å². The standard InChI is InChI=1S/C19H26NOP/c1-2-3-4-5-12-17-20-22(21,18-13-8-6-9-14-18)19-15-10-7-11-16-19/h6-11,13-16H,2-5,12,17H2,1H3,(H,20,21). The van der Waals surface area contributed by atoms with Crippen molar-refractivity contribution in [2.24, 2.45) is 0 Å². The summed E-state index contributed by atoms with van der Waals surface area (Å²) in [6, 6.07) is 19.6. The topological polar surface area (TPSA) is 29.1 Å². The van der Waals surface area contributed by atoms with Gasteiger partial charge in [-0.3, -0.25) is 9.65 Å². The molecule has 22 heavy (non-hydrogen) atoms. The lowest BCUT2D eigenvalue weighted by Crippen LogP contribution is -2.28. The van der Waals surface area contributed by atoms with Gasteiger partial charge in [-0.1, -0.05) is 69.0 Å². The Morgan fingerprint density at radius 2 is 1.27 bits per heavy atom. The number of nitrogens with one attached hydrogen (secondary N) is 1. The number of hydrogen-bond acceptors (Lipinski definition) is 1. The molecular formula is C19H26NOP. The van der Waals surface area contributed by atoms with Crippen LogP contribution in [-0.2, 0) is 4.57 Å². The Bertz CT molecular complexity index is 539. The Morgan fingerprint density at radius 1 is 0.773 bits per heavy atom. The van der Waals surface area contributed by atoms with Crippen LogP contribution in [0.2, 0.25) is 0 Å². The SMILES string of the molecule is CCCCCCCNP(=O)(c1ccccc1)c1ccccc1. The van der Waals surface area contributed by atoms with Crippen LogP contribution in [0.3, 0.4) is 0 Å². The molecule has 2 aromatic rings. The van der Waals surface area contributed by atoms with Gasteiger partial charge in [0, 0.05) is 17.2 Å². The molecule has 0 heterocycles. The van der Waals surface area contributed by atoms with E-state index in [1.54, 1.807) is 0 Å². The summed E-state index contributed by atoms with van der Waals surface area (Å²) in [6.45, 7) is 3.02. The minimum atomic E-state index is -2.73. The molecule has 2 nitrogen and oxygen atoms in total. The molecule has 0 unspecified atom stereocenters. The maximum atomic E-state index is 13.6. The zero-order chi connectivity index (χ0) is 15.7. The molecule has 0 fully saturated rings. The summed E-state index contributed by atoms with van der Waals surface area (Å²) in [5.74, 6) is 0. The predicted molar refractivity (Wildman–Crippen MR) is 96.5 cm³/mol. The molecule has 1 N–H and O–H groups in total. The van der Waals surface area contributed by atoms with Gasteiger partial charge < -0.3 is 0 Å². The van der Waals surface area contributed by atoms with Crippen molar-refractivity contribution in [3.63, 3.8) is 0 Å². The van der Waals surface area contributed by atoms with E-state index in [1.807, 2.05) is 60.7 Å². The van der Waals surface area contributed by atoms with Crippen LogP contribution in [0, 0.1) is 0 Å². The lowest BCUT2D eigenvalue weighted by Gasteiger charge is -2.20. The number of unbranched alkanes of at least 4 members (excludes halogenated alkanes) is 4. The van der Waals surface area contributed by atoms with E-state index >= 15 is 0 Å². The average molecular weight is 315 g/mol. The fourth-order valence-electron chi connectivity index (χ4n) is 2.57. The molecule has 0 saturated heterocycles. The summed E-state index contributed by atoms with van der Waals surface area (Å²) < 4.78 is 13.6. The molecule has 0 saturated carbocycles. The van der Waals surface area contributed by atoms with E-state index < -0.39 is 7.29 Å². The molecule has 0 atom stereocenters. The molecule has 0 bridgehead atoms. The predicted octanol–water partition coefficient (Wildman–Crippen LogP) is 4.48. The van der Waals surface area contributed by atoms with Crippen LogP contribution >= 0.6 is 7.29 Å². The van der Waals surface area contributed by atoms with Crippen molar-refractivity contribution in [2.45, 2.75) is 39.0 Å². The summed E-state index contributed by atoms with van der Waals surface area (Å²) in [4.78, 5) is 0. The number of rotatable bonds is 9. The smallest absolute Gasteiger partial charge is 0.204 e. The van der Waals surface area contributed by atoms with Gasteiger partial charge in [0.1, 0.15) is 0 Å². The highest BCUT2D eigenvalue weighted by Gasteiger charge is 2.25. The highest BCUT2D eigenvalue weighted by Crippen LogP contribution is 2.38. The second-order valence-corrected chi connectivity index (χ2v) is 8.17. The van der Waals surface area contributed by atoms with E-state index in [1.165, 1.54) is 25.7 Å². The lowest BCUT2D eigenvalue weighted by molar-refractivity contribution is 0.571. The third-order valence-corrected chi connectivity index (χ3v) is 6.57. The molecule has 0 aliphatic rings. The fourth-order valence-corrected chi connectivity index (χ4v) is 4.89. The maximum absolute atomic E-state index is 13.6. The van der Waals surface area contributed by atoms with Gasteiger partial charge in [0.25, 0.3) is 0 Å². The average Bonchev–Trinajstić information content (AvgIpc) is 2.59. The van der Waals surface area contributed by atoms with E-state index in [4.69, 9.17) is 0 Å². The molecule has 3 heteroatoms. The van der Waals surface area contributed by atoms with Crippen molar-refractivity contribution >= 4 is 17.9 Å². The zero-order valence-corrected chi connectivity index (χ0v) is 14.3. The second-order valence-electron chi connectivity index (χ2n) is 5.60. The van der Waals surface area contributed by atoms with E-state index in [0.29, 0.717) is 0 Å². The Labute approximate surface area is 134 Å². The third-order valence-electron chi connectivity index (χ3n) is 3.85. The van der Waals surface area contributed by atoms with Gasteiger partial charge in [-0.15, -0.1) is 0 Å². The summed E-state index contributed by atoms with van der Waals surface area (Å²) in [7, 11) is -2.73. The van der Waals surface area contributed by atoms with Gasteiger partial charge in [0.05, 0.1) is 0 Å². The van der Waals surface area contributed by atoms with Crippen LogP contribution in [0.25, 0.3) is 0 Å². The summed E-state index contributed by atoms with van der Waals surface area (Å²) in [5, 5.41) is 5.13. The molecule has 0 spiro atoms. The van der Waals surface area contributed by atoms with Crippen molar-refractivity contribution < 1.29 is 4.57 Å². The van der Waals surface area contributed by atoms with Crippen LogP contribution in [-0.4, -0.2) is 6.54 Å². The largest absolute Gasteiger partial charge is 0.297 e. The molecule has 2 aromatic carbocycles. The van der Waals surface area contributed by atoms with Crippen molar-refractivity contribution in [3.05, 3.63) is 60.7 Å².